The second kappa shape index (κ2) is 3.47. The highest BCUT2D eigenvalue weighted by Crippen LogP contribution is 2.12. The lowest BCUT2D eigenvalue weighted by atomic mass is 10.4. The van der Waals surface area contributed by atoms with Gasteiger partial charge < -0.3 is 15.0 Å². The van der Waals surface area contributed by atoms with Crippen molar-refractivity contribution in [3.8, 4) is 0 Å². The van der Waals surface area contributed by atoms with Crippen molar-refractivity contribution in [1.29, 1.82) is 0 Å². The van der Waals surface area contributed by atoms with Gasteiger partial charge in [-0.2, -0.15) is 0 Å². The molecule has 2 N–H and O–H groups in total. The number of nitrogen functional groups attached to an aromatic ring is 1. The fourth-order valence-corrected chi connectivity index (χ4v) is 1.08. The van der Waals surface area contributed by atoms with Crippen LogP contribution in [0.4, 0.5) is 5.82 Å². The van der Waals surface area contributed by atoms with Crippen molar-refractivity contribution in [2.45, 2.75) is 13.8 Å². The SMILES string of the molecule is CCOC(=O)c1c(N)nc(C)n1C. The zero-order valence-electron chi connectivity index (χ0n) is 8.00. The molecule has 0 radical (unpaired) electrons. The summed E-state index contributed by atoms with van der Waals surface area (Å²) >= 11 is 0. The Morgan fingerprint density at radius 3 is 2.69 bits per heavy atom. The number of esters is 1. The molecule has 13 heavy (non-hydrogen) atoms. The predicted molar refractivity (Wildman–Crippen MR) is 48.3 cm³/mol. The molecule has 72 valence electrons. The molecule has 0 amide bonds. The highest BCUT2D eigenvalue weighted by Gasteiger charge is 2.17. The van der Waals surface area contributed by atoms with Gasteiger partial charge in [0.1, 0.15) is 5.82 Å². The van der Waals surface area contributed by atoms with Gasteiger partial charge in [0.2, 0.25) is 0 Å². The molecule has 1 rings (SSSR count). The van der Waals surface area contributed by atoms with E-state index in [9.17, 15) is 4.79 Å². The van der Waals surface area contributed by atoms with E-state index in [4.69, 9.17) is 10.5 Å². The van der Waals surface area contributed by atoms with Gasteiger partial charge >= 0.3 is 5.97 Å². The van der Waals surface area contributed by atoms with Crippen molar-refractivity contribution in [3.63, 3.8) is 0 Å². The van der Waals surface area contributed by atoms with Crippen molar-refractivity contribution in [2.24, 2.45) is 7.05 Å². The Balaban J connectivity index is 3.06. The number of hydrogen-bond donors (Lipinski definition) is 1. The first-order valence-corrected chi connectivity index (χ1v) is 4.03. The minimum atomic E-state index is -0.428. The van der Waals surface area contributed by atoms with Gasteiger partial charge in [-0.05, 0) is 13.8 Å². The largest absolute Gasteiger partial charge is 0.461 e. The number of ether oxygens (including phenoxy) is 1. The van der Waals surface area contributed by atoms with Crippen LogP contribution in [0.1, 0.15) is 23.2 Å². The van der Waals surface area contributed by atoms with E-state index in [1.165, 1.54) is 0 Å². The van der Waals surface area contributed by atoms with Gasteiger partial charge in [-0.3, -0.25) is 0 Å². The number of anilines is 1. The number of rotatable bonds is 2. The number of nitrogens with two attached hydrogens (primary N) is 1. The number of carbonyl (C=O) groups excluding carboxylic acids is 1. The maximum absolute atomic E-state index is 11.3. The van der Waals surface area contributed by atoms with Crippen molar-refractivity contribution in [2.75, 3.05) is 12.3 Å². The molecular formula is C8H13N3O2. The molecule has 5 nitrogen and oxygen atoms in total. The molecule has 0 aromatic carbocycles. The molecule has 1 aromatic heterocycles. The lowest BCUT2D eigenvalue weighted by molar-refractivity contribution is 0.0516. The molecule has 0 saturated heterocycles. The molecule has 0 spiro atoms. The first-order valence-electron chi connectivity index (χ1n) is 4.03. The van der Waals surface area contributed by atoms with Gasteiger partial charge in [-0.15, -0.1) is 0 Å². The minimum absolute atomic E-state index is 0.221. The van der Waals surface area contributed by atoms with Crippen LogP contribution in [0, 0.1) is 6.92 Å². The van der Waals surface area contributed by atoms with Crippen molar-refractivity contribution in [3.05, 3.63) is 11.5 Å². The summed E-state index contributed by atoms with van der Waals surface area (Å²) < 4.78 is 6.44. The first-order chi connectivity index (χ1) is 6.07. The lowest BCUT2D eigenvalue weighted by Crippen LogP contribution is -2.12. The van der Waals surface area contributed by atoms with Gasteiger partial charge in [-0.1, -0.05) is 0 Å². The normalized spacial score (nSPS) is 10.1. The molecule has 1 aromatic rings. The first kappa shape index (κ1) is 9.57. The number of nitrogens with zero attached hydrogens (tertiary/aromatic N) is 2. The Bertz CT molecular complexity index is 330. The topological polar surface area (TPSA) is 70.1 Å². The Morgan fingerprint density at radius 2 is 2.31 bits per heavy atom. The van der Waals surface area contributed by atoms with Gasteiger partial charge in [-0.25, -0.2) is 9.78 Å². The van der Waals surface area contributed by atoms with E-state index in [1.807, 2.05) is 0 Å². The maximum atomic E-state index is 11.3. The second-order valence-electron chi connectivity index (χ2n) is 2.67. The van der Waals surface area contributed by atoms with Crippen LogP contribution in [0.3, 0.4) is 0 Å². The number of imidazole rings is 1. The summed E-state index contributed by atoms with van der Waals surface area (Å²) in [5.74, 6) is 0.488. The van der Waals surface area contributed by atoms with Crippen molar-refractivity contribution >= 4 is 11.8 Å². The van der Waals surface area contributed by atoms with E-state index in [0.29, 0.717) is 18.1 Å². The van der Waals surface area contributed by atoms with Gasteiger partial charge in [0.05, 0.1) is 6.61 Å². The zero-order valence-corrected chi connectivity index (χ0v) is 8.00. The Morgan fingerprint density at radius 1 is 1.69 bits per heavy atom. The Labute approximate surface area is 76.5 Å². The molecule has 0 aliphatic carbocycles. The summed E-state index contributed by atoms with van der Waals surface area (Å²) in [6, 6.07) is 0. The maximum Gasteiger partial charge on any atom is 0.358 e. The van der Waals surface area contributed by atoms with Crippen LogP contribution in [0.25, 0.3) is 0 Å². The van der Waals surface area contributed by atoms with E-state index < -0.39 is 5.97 Å². The van der Waals surface area contributed by atoms with Crippen LogP contribution >= 0.6 is 0 Å². The van der Waals surface area contributed by atoms with Crippen LogP contribution in [-0.2, 0) is 11.8 Å². The van der Waals surface area contributed by atoms with Gasteiger partial charge in [0.15, 0.2) is 11.5 Å². The van der Waals surface area contributed by atoms with Crippen molar-refractivity contribution in [1.82, 2.24) is 9.55 Å². The summed E-state index contributed by atoms with van der Waals surface area (Å²) in [5.41, 5.74) is 5.86. The lowest BCUT2D eigenvalue weighted by Gasteiger charge is -2.03. The molecule has 0 aliphatic rings. The van der Waals surface area contributed by atoms with E-state index in [-0.39, 0.29) is 5.82 Å². The smallest absolute Gasteiger partial charge is 0.358 e. The minimum Gasteiger partial charge on any atom is -0.461 e. The van der Waals surface area contributed by atoms with E-state index in [0.717, 1.165) is 0 Å². The molecule has 0 bridgehead atoms. The molecule has 0 aliphatic heterocycles. The molecule has 5 heteroatoms. The monoisotopic (exact) mass is 183 g/mol. The third-order valence-corrected chi connectivity index (χ3v) is 1.81. The Hall–Kier alpha value is -1.52. The average Bonchev–Trinajstić information content (AvgIpc) is 2.27. The third-order valence-electron chi connectivity index (χ3n) is 1.81. The fourth-order valence-electron chi connectivity index (χ4n) is 1.08. The van der Waals surface area contributed by atoms with Crippen LogP contribution in [0.2, 0.25) is 0 Å². The van der Waals surface area contributed by atoms with Crippen LogP contribution in [0.15, 0.2) is 0 Å². The number of carbonyl (C=O) groups is 1. The quantitative estimate of drug-likeness (QED) is 0.677. The average molecular weight is 183 g/mol. The highest BCUT2D eigenvalue weighted by molar-refractivity contribution is 5.92. The number of aromatic nitrogens is 2. The van der Waals surface area contributed by atoms with Gasteiger partial charge in [0.25, 0.3) is 0 Å². The molecule has 0 saturated carbocycles. The number of aryl methyl sites for hydroxylation is 1. The van der Waals surface area contributed by atoms with Crippen molar-refractivity contribution < 1.29 is 9.53 Å². The van der Waals surface area contributed by atoms with E-state index in [1.54, 1.807) is 25.5 Å². The summed E-state index contributed by atoms with van der Waals surface area (Å²) in [4.78, 5) is 15.3. The number of hydrogen-bond acceptors (Lipinski definition) is 4. The standard InChI is InChI=1S/C8H13N3O2/c1-4-13-8(12)6-7(9)10-5(2)11(6)3/h4,9H2,1-3H3. The molecule has 1 heterocycles. The van der Waals surface area contributed by atoms with Crippen LogP contribution < -0.4 is 5.73 Å². The third kappa shape index (κ3) is 1.63. The highest BCUT2D eigenvalue weighted by atomic mass is 16.5. The van der Waals surface area contributed by atoms with Crippen LogP contribution in [0.5, 0.6) is 0 Å². The summed E-state index contributed by atoms with van der Waals surface area (Å²) in [6.45, 7) is 3.86. The summed E-state index contributed by atoms with van der Waals surface area (Å²) in [5, 5.41) is 0. The predicted octanol–water partition coefficient (Wildman–Crippen LogP) is 0.487. The van der Waals surface area contributed by atoms with E-state index >= 15 is 0 Å². The zero-order chi connectivity index (χ0) is 10.0. The fraction of sp³-hybridized carbons (Fsp3) is 0.500. The molecule has 0 fully saturated rings. The molecular weight excluding hydrogens is 170 g/mol. The van der Waals surface area contributed by atoms with Crippen LogP contribution in [-0.4, -0.2) is 22.1 Å². The summed E-state index contributed by atoms with van der Waals surface area (Å²) in [7, 11) is 1.73. The second-order valence-corrected chi connectivity index (χ2v) is 2.67. The summed E-state index contributed by atoms with van der Waals surface area (Å²) in [6.07, 6.45) is 0. The molecule has 0 atom stereocenters. The van der Waals surface area contributed by atoms with E-state index in [2.05, 4.69) is 4.98 Å². The molecule has 0 unspecified atom stereocenters. The Kier molecular flexibility index (Phi) is 2.55. The van der Waals surface area contributed by atoms with Gasteiger partial charge in [0, 0.05) is 7.05 Å².